The molecule has 0 saturated carbocycles. The zero-order valence-corrected chi connectivity index (χ0v) is 10.5. The Morgan fingerprint density at radius 1 is 1.41 bits per heavy atom. The number of nitrogens with zero attached hydrogens (tertiary/aromatic N) is 1. The summed E-state index contributed by atoms with van der Waals surface area (Å²) in [6, 6.07) is 0. The van der Waals surface area contributed by atoms with Gasteiger partial charge in [-0.3, -0.25) is 9.59 Å². The third kappa shape index (κ3) is 4.00. The first-order valence-corrected chi connectivity index (χ1v) is 6.14. The summed E-state index contributed by atoms with van der Waals surface area (Å²) >= 11 is 0. The summed E-state index contributed by atoms with van der Waals surface area (Å²) in [5.74, 6) is -1.13. The third-order valence-electron chi connectivity index (χ3n) is 3.17. The molecule has 5 heteroatoms. The minimum absolute atomic E-state index is 0.0419. The zero-order chi connectivity index (χ0) is 12.8. The van der Waals surface area contributed by atoms with Crippen molar-refractivity contribution in [1.82, 2.24) is 4.90 Å². The monoisotopic (exact) mass is 243 g/mol. The molecule has 0 aromatic rings. The number of carboxylic acid groups (broad SMARTS) is 1. The van der Waals surface area contributed by atoms with Crippen molar-refractivity contribution in [1.29, 1.82) is 0 Å². The van der Waals surface area contributed by atoms with E-state index in [1.54, 1.807) is 4.90 Å². The molecule has 1 saturated heterocycles. The first kappa shape index (κ1) is 14.0. The fourth-order valence-corrected chi connectivity index (χ4v) is 2.12. The maximum Gasteiger partial charge on any atom is 0.308 e. The van der Waals surface area contributed by atoms with E-state index in [2.05, 4.69) is 0 Å². The van der Waals surface area contributed by atoms with Gasteiger partial charge in [0.25, 0.3) is 0 Å². The third-order valence-corrected chi connectivity index (χ3v) is 3.17. The Bertz CT molecular complexity index is 280. The highest BCUT2D eigenvalue weighted by Crippen LogP contribution is 2.23. The number of amides is 1. The second kappa shape index (κ2) is 6.59. The molecule has 1 aliphatic heterocycles. The number of hydrogen-bond acceptors (Lipinski definition) is 3. The highest BCUT2D eigenvalue weighted by molar-refractivity contribution is 5.78. The number of hydrogen-bond donors (Lipinski definition) is 1. The van der Waals surface area contributed by atoms with Crippen molar-refractivity contribution < 1.29 is 19.4 Å². The molecule has 0 aliphatic carbocycles. The normalized spacial score (nSPS) is 24.0. The lowest BCUT2D eigenvalue weighted by atomic mass is 9.99. The summed E-state index contributed by atoms with van der Waals surface area (Å²) in [6.45, 7) is 5.96. The Balaban J connectivity index is 2.32. The largest absolute Gasteiger partial charge is 0.481 e. The van der Waals surface area contributed by atoms with Crippen molar-refractivity contribution in [3.8, 4) is 0 Å². The molecule has 0 spiro atoms. The molecular weight excluding hydrogens is 222 g/mol. The van der Waals surface area contributed by atoms with Crippen LogP contribution in [0.4, 0.5) is 0 Å². The molecule has 1 rings (SSSR count). The summed E-state index contributed by atoms with van der Waals surface area (Å²) in [4.78, 5) is 24.4. The molecule has 17 heavy (non-hydrogen) atoms. The molecule has 0 bridgehead atoms. The van der Waals surface area contributed by atoms with Gasteiger partial charge in [-0.15, -0.1) is 0 Å². The van der Waals surface area contributed by atoms with Crippen LogP contribution in [0.15, 0.2) is 0 Å². The molecule has 0 aromatic carbocycles. The number of carbonyl (C=O) groups is 2. The molecular formula is C12H21NO4. The minimum atomic E-state index is -0.804. The van der Waals surface area contributed by atoms with Crippen molar-refractivity contribution in [2.45, 2.75) is 26.7 Å². The van der Waals surface area contributed by atoms with Gasteiger partial charge in [-0.05, 0) is 19.3 Å². The molecule has 1 aliphatic rings. The van der Waals surface area contributed by atoms with Gasteiger partial charge in [0, 0.05) is 32.7 Å². The fourth-order valence-electron chi connectivity index (χ4n) is 2.12. The van der Waals surface area contributed by atoms with Gasteiger partial charge in [0.1, 0.15) is 0 Å². The van der Waals surface area contributed by atoms with Gasteiger partial charge in [-0.2, -0.15) is 0 Å². The number of carboxylic acids is 1. The Hall–Kier alpha value is -1.10. The summed E-state index contributed by atoms with van der Waals surface area (Å²) < 4.78 is 5.16. The smallest absolute Gasteiger partial charge is 0.308 e. The van der Waals surface area contributed by atoms with Crippen molar-refractivity contribution in [3.63, 3.8) is 0 Å². The van der Waals surface area contributed by atoms with E-state index in [1.165, 1.54) is 0 Å². The predicted octanol–water partition coefficient (Wildman–Crippen LogP) is 0.982. The average Bonchev–Trinajstić information content (AvgIpc) is 2.66. The SMILES string of the molecule is CCOCCCC(=O)N1C[C@@H](C)[C@H](C(=O)O)C1. The molecule has 1 heterocycles. The Kier molecular flexibility index (Phi) is 5.41. The molecule has 98 valence electrons. The average molecular weight is 243 g/mol. The summed E-state index contributed by atoms with van der Waals surface area (Å²) in [5.41, 5.74) is 0. The molecule has 0 radical (unpaired) electrons. The van der Waals surface area contributed by atoms with E-state index in [0.29, 0.717) is 39.1 Å². The molecule has 0 unspecified atom stereocenters. The van der Waals surface area contributed by atoms with Crippen LogP contribution in [0, 0.1) is 11.8 Å². The maximum atomic E-state index is 11.8. The number of rotatable bonds is 6. The summed E-state index contributed by atoms with van der Waals surface area (Å²) in [5, 5.41) is 8.97. The van der Waals surface area contributed by atoms with Crippen molar-refractivity contribution in [2.24, 2.45) is 11.8 Å². The second-order valence-electron chi connectivity index (χ2n) is 4.52. The van der Waals surface area contributed by atoms with Gasteiger partial charge in [-0.1, -0.05) is 6.92 Å². The van der Waals surface area contributed by atoms with Crippen LogP contribution in [-0.2, 0) is 14.3 Å². The number of likely N-dealkylation sites (tertiary alicyclic amines) is 1. The van der Waals surface area contributed by atoms with E-state index >= 15 is 0 Å². The topological polar surface area (TPSA) is 66.8 Å². The summed E-state index contributed by atoms with van der Waals surface area (Å²) in [6.07, 6.45) is 1.15. The molecule has 5 nitrogen and oxygen atoms in total. The molecule has 0 aromatic heterocycles. The van der Waals surface area contributed by atoms with Crippen LogP contribution < -0.4 is 0 Å². The lowest BCUT2D eigenvalue weighted by molar-refractivity contribution is -0.142. The number of aliphatic carboxylic acids is 1. The van der Waals surface area contributed by atoms with Crippen molar-refractivity contribution in [2.75, 3.05) is 26.3 Å². The zero-order valence-electron chi connectivity index (χ0n) is 10.5. The first-order chi connectivity index (χ1) is 8.06. The quantitative estimate of drug-likeness (QED) is 0.706. The number of ether oxygens (including phenoxy) is 1. The second-order valence-corrected chi connectivity index (χ2v) is 4.52. The Morgan fingerprint density at radius 2 is 2.12 bits per heavy atom. The van der Waals surface area contributed by atoms with Crippen LogP contribution in [0.2, 0.25) is 0 Å². The van der Waals surface area contributed by atoms with Gasteiger partial charge in [0.2, 0.25) is 5.91 Å². The lowest BCUT2D eigenvalue weighted by Gasteiger charge is -2.15. The highest BCUT2D eigenvalue weighted by Gasteiger charge is 2.36. The summed E-state index contributed by atoms with van der Waals surface area (Å²) in [7, 11) is 0. The van der Waals surface area contributed by atoms with E-state index < -0.39 is 11.9 Å². The maximum absolute atomic E-state index is 11.8. The van der Waals surface area contributed by atoms with E-state index in [-0.39, 0.29) is 11.8 Å². The van der Waals surface area contributed by atoms with Crippen LogP contribution in [0.25, 0.3) is 0 Å². The van der Waals surface area contributed by atoms with E-state index in [4.69, 9.17) is 9.84 Å². The van der Waals surface area contributed by atoms with Gasteiger partial charge in [0.15, 0.2) is 0 Å². The Labute approximate surface area is 102 Å². The highest BCUT2D eigenvalue weighted by atomic mass is 16.5. The first-order valence-electron chi connectivity index (χ1n) is 6.14. The van der Waals surface area contributed by atoms with Crippen LogP contribution in [0.5, 0.6) is 0 Å². The van der Waals surface area contributed by atoms with E-state index in [0.717, 1.165) is 0 Å². The van der Waals surface area contributed by atoms with E-state index in [9.17, 15) is 9.59 Å². The van der Waals surface area contributed by atoms with E-state index in [1.807, 2.05) is 13.8 Å². The Morgan fingerprint density at radius 3 is 2.65 bits per heavy atom. The lowest BCUT2D eigenvalue weighted by Crippen LogP contribution is -2.29. The van der Waals surface area contributed by atoms with Gasteiger partial charge < -0.3 is 14.7 Å². The molecule has 1 N–H and O–H groups in total. The van der Waals surface area contributed by atoms with Crippen LogP contribution in [-0.4, -0.2) is 48.2 Å². The molecule has 1 fully saturated rings. The van der Waals surface area contributed by atoms with Crippen LogP contribution >= 0.6 is 0 Å². The van der Waals surface area contributed by atoms with Gasteiger partial charge in [-0.25, -0.2) is 0 Å². The van der Waals surface area contributed by atoms with Crippen molar-refractivity contribution >= 4 is 11.9 Å². The standard InChI is InChI=1S/C12H21NO4/c1-3-17-6-4-5-11(14)13-7-9(2)10(8-13)12(15)16/h9-10H,3-8H2,1-2H3,(H,15,16)/t9-,10-/m1/s1. The minimum Gasteiger partial charge on any atom is -0.481 e. The van der Waals surface area contributed by atoms with Crippen molar-refractivity contribution in [3.05, 3.63) is 0 Å². The van der Waals surface area contributed by atoms with Gasteiger partial charge >= 0.3 is 5.97 Å². The van der Waals surface area contributed by atoms with Crippen LogP contribution in [0.1, 0.15) is 26.7 Å². The molecule has 2 atom stereocenters. The van der Waals surface area contributed by atoms with Crippen LogP contribution in [0.3, 0.4) is 0 Å². The predicted molar refractivity (Wildman–Crippen MR) is 62.6 cm³/mol. The fraction of sp³-hybridized carbons (Fsp3) is 0.833. The molecule has 1 amide bonds. The number of carbonyl (C=O) groups excluding carboxylic acids is 1. The van der Waals surface area contributed by atoms with Gasteiger partial charge in [0.05, 0.1) is 5.92 Å².